The maximum Gasteiger partial charge on any atom is 0.119 e. The predicted molar refractivity (Wildman–Crippen MR) is 100 cm³/mol. The van der Waals surface area contributed by atoms with Crippen LogP contribution in [0.15, 0.2) is 29.3 Å². The third-order valence-electron chi connectivity index (χ3n) is 5.05. The molecule has 1 aliphatic heterocycles. The van der Waals surface area contributed by atoms with Crippen LogP contribution in [0.4, 0.5) is 0 Å². The quantitative estimate of drug-likeness (QED) is 0.812. The van der Waals surface area contributed by atoms with Gasteiger partial charge in [-0.2, -0.15) is 0 Å². The highest BCUT2D eigenvalue weighted by Crippen LogP contribution is 2.33. The van der Waals surface area contributed by atoms with Crippen LogP contribution in [0.1, 0.15) is 46.1 Å². The molecule has 0 aromatic heterocycles. The molecule has 0 bridgehead atoms. The zero-order valence-corrected chi connectivity index (χ0v) is 15.7. The van der Waals surface area contributed by atoms with E-state index in [0.29, 0.717) is 12.6 Å². The summed E-state index contributed by atoms with van der Waals surface area (Å²) < 4.78 is 5.64. The summed E-state index contributed by atoms with van der Waals surface area (Å²) in [6, 6.07) is 8.38. The first-order valence-corrected chi connectivity index (χ1v) is 8.99. The van der Waals surface area contributed by atoms with Crippen LogP contribution in [0.25, 0.3) is 0 Å². The Balaban J connectivity index is 1.85. The smallest absolute Gasteiger partial charge is 0.119 e. The molecule has 4 nitrogen and oxygen atoms in total. The van der Waals surface area contributed by atoms with Gasteiger partial charge in [-0.1, -0.05) is 6.92 Å². The maximum atomic E-state index is 10.9. The monoisotopic (exact) mass is 332 g/mol. The normalized spacial score (nSPS) is 28.6. The second-order valence-corrected chi connectivity index (χ2v) is 7.52. The van der Waals surface area contributed by atoms with Crippen molar-refractivity contribution in [2.24, 2.45) is 10.9 Å². The van der Waals surface area contributed by atoms with Gasteiger partial charge in [-0.25, -0.2) is 0 Å². The molecule has 1 aromatic carbocycles. The van der Waals surface area contributed by atoms with Crippen LogP contribution >= 0.6 is 0 Å². The topological polar surface area (TPSA) is 45.1 Å². The average Bonchev–Trinajstić information content (AvgIpc) is 2.51. The Labute approximate surface area is 146 Å². The highest BCUT2D eigenvalue weighted by Gasteiger charge is 2.40. The Kier molecular flexibility index (Phi) is 6.41. The Bertz CT molecular complexity index is 541. The standard InChI is InChI=1S/C20H32N2O2/c1-15(2)24-19-8-6-18(7-9-19)13-21-11-10-20(23)12-17(4)22(5)14-16(20)3/h6-9,13,15-17,23H,10-12,14H2,1-5H3/t16-,17-,20+/m1/s1. The van der Waals surface area contributed by atoms with Crippen molar-refractivity contribution in [2.75, 3.05) is 20.1 Å². The lowest BCUT2D eigenvalue weighted by Crippen LogP contribution is -2.53. The van der Waals surface area contributed by atoms with Gasteiger partial charge in [-0.3, -0.25) is 4.99 Å². The number of hydrogen-bond donors (Lipinski definition) is 1. The number of aliphatic hydroxyl groups is 1. The molecule has 24 heavy (non-hydrogen) atoms. The minimum atomic E-state index is -0.599. The Morgan fingerprint density at radius 3 is 2.62 bits per heavy atom. The Hall–Kier alpha value is -1.39. The lowest BCUT2D eigenvalue weighted by atomic mass is 9.77. The summed E-state index contributed by atoms with van der Waals surface area (Å²) in [7, 11) is 2.13. The van der Waals surface area contributed by atoms with Gasteiger partial charge in [0.15, 0.2) is 0 Å². The summed E-state index contributed by atoms with van der Waals surface area (Å²) in [4.78, 5) is 6.83. The first-order chi connectivity index (χ1) is 11.3. The van der Waals surface area contributed by atoms with Crippen LogP contribution in [-0.4, -0.2) is 54.1 Å². The number of rotatable bonds is 6. The lowest BCUT2D eigenvalue weighted by molar-refractivity contribution is -0.0818. The third-order valence-corrected chi connectivity index (χ3v) is 5.05. The van der Waals surface area contributed by atoms with E-state index in [1.165, 1.54) is 0 Å². The molecule has 0 unspecified atom stereocenters. The second kappa shape index (κ2) is 8.13. The summed E-state index contributed by atoms with van der Waals surface area (Å²) in [5.74, 6) is 1.16. The molecular formula is C20H32N2O2. The number of benzene rings is 1. The van der Waals surface area contributed by atoms with Crippen molar-refractivity contribution in [3.63, 3.8) is 0 Å². The highest BCUT2D eigenvalue weighted by molar-refractivity contribution is 5.79. The Morgan fingerprint density at radius 1 is 1.33 bits per heavy atom. The number of likely N-dealkylation sites (tertiary alicyclic amines) is 1. The molecule has 1 heterocycles. The zero-order valence-electron chi connectivity index (χ0n) is 15.7. The largest absolute Gasteiger partial charge is 0.491 e. The van der Waals surface area contributed by atoms with Gasteiger partial charge in [-0.15, -0.1) is 0 Å². The first-order valence-electron chi connectivity index (χ1n) is 8.99. The van der Waals surface area contributed by atoms with E-state index in [9.17, 15) is 5.11 Å². The van der Waals surface area contributed by atoms with Crippen molar-refractivity contribution < 1.29 is 9.84 Å². The van der Waals surface area contributed by atoms with E-state index in [4.69, 9.17) is 4.74 Å². The van der Waals surface area contributed by atoms with Crippen LogP contribution < -0.4 is 4.74 Å². The molecule has 1 fully saturated rings. The van der Waals surface area contributed by atoms with Crippen LogP contribution in [0.3, 0.4) is 0 Å². The van der Waals surface area contributed by atoms with Gasteiger partial charge in [0.05, 0.1) is 11.7 Å². The maximum absolute atomic E-state index is 10.9. The van der Waals surface area contributed by atoms with Crippen molar-refractivity contribution in [1.82, 2.24) is 4.90 Å². The zero-order chi connectivity index (χ0) is 17.7. The van der Waals surface area contributed by atoms with Gasteiger partial charge in [-0.05, 0) is 76.4 Å². The Morgan fingerprint density at radius 2 is 2.00 bits per heavy atom. The van der Waals surface area contributed by atoms with Gasteiger partial charge >= 0.3 is 0 Å². The van der Waals surface area contributed by atoms with Crippen molar-refractivity contribution in [1.29, 1.82) is 0 Å². The number of hydrogen-bond acceptors (Lipinski definition) is 4. The molecule has 0 radical (unpaired) electrons. The van der Waals surface area contributed by atoms with E-state index < -0.39 is 5.60 Å². The minimum Gasteiger partial charge on any atom is -0.491 e. The fourth-order valence-corrected chi connectivity index (χ4v) is 3.33. The van der Waals surface area contributed by atoms with Crippen LogP contribution in [0.5, 0.6) is 5.75 Å². The van der Waals surface area contributed by atoms with Crippen molar-refractivity contribution in [3.8, 4) is 5.75 Å². The molecule has 2 rings (SSSR count). The van der Waals surface area contributed by atoms with Crippen molar-refractivity contribution in [2.45, 2.75) is 58.3 Å². The molecule has 1 saturated heterocycles. The van der Waals surface area contributed by atoms with E-state index in [0.717, 1.165) is 30.7 Å². The number of ether oxygens (including phenoxy) is 1. The summed E-state index contributed by atoms with van der Waals surface area (Å²) in [5.41, 5.74) is 0.459. The molecule has 1 aromatic rings. The van der Waals surface area contributed by atoms with Crippen LogP contribution in [0.2, 0.25) is 0 Å². The fraction of sp³-hybridized carbons (Fsp3) is 0.650. The molecule has 0 aliphatic carbocycles. The number of piperidine rings is 1. The number of nitrogens with zero attached hydrogens (tertiary/aromatic N) is 2. The SMILES string of the molecule is CC(C)Oc1ccc(C=NCC[C@]2(O)C[C@@H](C)N(C)C[C@H]2C)cc1. The first kappa shape index (κ1) is 18.9. The molecule has 1 aliphatic rings. The van der Waals surface area contributed by atoms with Crippen LogP contribution in [-0.2, 0) is 0 Å². The van der Waals surface area contributed by atoms with Gasteiger partial charge in [0, 0.05) is 25.3 Å². The molecule has 0 spiro atoms. The van der Waals surface area contributed by atoms with Crippen molar-refractivity contribution >= 4 is 6.21 Å². The molecular weight excluding hydrogens is 300 g/mol. The summed E-state index contributed by atoms with van der Waals surface area (Å²) in [6.07, 6.45) is 3.61. The minimum absolute atomic E-state index is 0.184. The molecule has 134 valence electrons. The van der Waals surface area contributed by atoms with Gasteiger partial charge in [0.1, 0.15) is 5.75 Å². The molecule has 0 amide bonds. The van der Waals surface area contributed by atoms with Gasteiger partial charge in [0.2, 0.25) is 0 Å². The van der Waals surface area contributed by atoms with Crippen molar-refractivity contribution in [3.05, 3.63) is 29.8 Å². The molecule has 4 heteroatoms. The third kappa shape index (κ3) is 5.05. The second-order valence-electron chi connectivity index (χ2n) is 7.52. The van der Waals surface area contributed by atoms with E-state index >= 15 is 0 Å². The molecule has 3 atom stereocenters. The fourth-order valence-electron chi connectivity index (χ4n) is 3.33. The highest BCUT2D eigenvalue weighted by atomic mass is 16.5. The molecule has 1 N–H and O–H groups in total. The summed E-state index contributed by atoms with van der Waals surface area (Å²) >= 11 is 0. The average molecular weight is 332 g/mol. The van der Waals surface area contributed by atoms with E-state index in [-0.39, 0.29) is 12.0 Å². The summed E-state index contributed by atoms with van der Waals surface area (Å²) in [6.45, 7) is 9.95. The van der Waals surface area contributed by atoms with Gasteiger partial charge < -0.3 is 14.7 Å². The number of aliphatic imine (C=N–C) groups is 1. The summed E-state index contributed by atoms with van der Waals surface area (Å²) in [5, 5.41) is 10.9. The van der Waals surface area contributed by atoms with E-state index in [1.54, 1.807) is 0 Å². The van der Waals surface area contributed by atoms with Crippen LogP contribution in [0, 0.1) is 5.92 Å². The van der Waals surface area contributed by atoms with E-state index in [2.05, 4.69) is 30.8 Å². The van der Waals surface area contributed by atoms with E-state index in [1.807, 2.05) is 44.3 Å². The predicted octanol–water partition coefficient (Wildman–Crippen LogP) is 3.37. The lowest BCUT2D eigenvalue weighted by Gasteiger charge is -2.45. The van der Waals surface area contributed by atoms with Gasteiger partial charge in [0.25, 0.3) is 0 Å². The molecule has 0 saturated carbocycles.